The zero-order chi connectivity index (χ0) is 27.3. The summed E-state index contributed by atoms with van der Waals surface area (Å²) in [5, 5.41) is 5.70. The van der Waals surface area contributed by atoms with E-state index in [9.17, 15) is 14.4 Å². The van der Waals surface area contributed by atoms with Crippen LogP contribution in [0.15, 0.2) is 18.2 Å². The van der Waals surface area contributed by atoms with Gasteiger partial charge in [0.2, 0.25) is 11.8 Å². The fourth-order valence-electron chi connectivity index (χ4n) is 4.17. The fraction of sp³-hybridized carbons (Fsp3) is 0.690. The monoisotopic (exact) mass is 503 g/mol. The first kappa shape index (κ1) is 31.5. The lowest BCUT2D eigenvalue weighted by molar-refractivity contribution is -0.142. The maximum atomic E-state index is 13.8. The van der Waals surface area contributed by atoms with E-state index in [0.717, 1.165) is 61.6 Å². The first-order valence-electron chi connectivity index (χ1n) is 13.6. The number of ether oxygens (including phenoxy) is 1. The highest BCUT2D eigenvalue weighted by Gasteiger charge is 2.34. The van der Waals surface area contributed by atoms with Gasteiger partial charge in [-0.1, -0.05) is 75.3 Å². The van der Waals surface area contributed by atoms with Gasteiger partial charge in [-0.2, -0.15) is 0 Å². The molecular weight excluding hydrogens is 454 g/mol. The molecule has 0 spiro atoms. The van der Waals surface area contributed by atoms with Crippen molar-refractivity contribution in [2.45, 2.75) is 118 Å². The summed E-state index contributed by atoms with van der Waals surface area (Å²) in [6.45, 7) is 16.2. The molecule has 0 bridgehead atoms. The number of hydrogen-bond acceptors (Lipinski definition) is 4. The van der Waals surface area contributed by atoms with Gasteiger partial charge in [0.25, 0.3) is 0 Å². The average Bonchev–Trinajstić information content (AvgIpc) is 2.75. The molecule has 0 saturated heterocycles. The van der Waals surface area contributed by atoms with Crippen molar-refractivity contribution in [3.05, 3.63) is 34.9 Å². The Balaban J connectivity index is 3.31. The molecule has 1 aromatic rings. The predicted molar refractivity (Wildman–Crippen MR) is 146 cm³/mol. The number of alkyl carbamates (subject to hydrolysis) is 1. The zero-order valence-electron chi connectivity index (χ0n) is 23.8. The standard InChI is InChI=1S/C29H49N3O4/c1-9-11-13-14-15-17-32(27(34)23(5)31-28(35)36-29(6,7)8)25(26(33)30-16-12-10-2)24-19-21(3)18-22(4)20-24/h18-20,23,25H,9-17H2,1-8H3,(H,30,33)(H,31,35). The van der Waals surface area contributed by atoms with Gasteiger partial charge in [-0.15, -0.1) is 0 Å². The van der Waals surface area contributed by atoms with Crippen molar-refractivity contribution >= 4 is 17.9 Å². The van der Waals surface area contributed by atoms with Gasteiger partial charge in [-0.05, 0) is 59.9 Å². The van der Waals surface area contributed by atoms with Crippen LogP contribution in [0.4, 0.5) is 4.79 Å². The quantitative estimate of drug-likeness (QED) is 0.306. The largest absolute Gasteiger partial charge is 0.444 e. The number of carbonyl (C=O) groups excluding carboxylic acids is 3. The van der Waals surface area contributed by atoms with Crippen molar-refractivity contribution in [3.63, 3.8) is 0 Å². The molecule has 2 unspecified atom stereocenters. The molecule has 0 aliphatic rings. The molecule has 2 N–H and O–H groups in total. The Morgan fingerprint density at radius 3 is 2.06 bits per heavy atom. The van der Waals surface area contributed by atoms with Crippen molar-refractivity contribution in [3.8, 4) is 0 Å². The molecule has 36 heavy (non-hydrogen) atoms. The molecule has 0 aromatic heterocycles. The van der Waals surface area contributed by atoms with Gasteiger partial charge in [0.15, 0.2) is 0 Å². The number of rotatable bonds is 14. The van der Waals surface area contributed by atoms with Gasteiger partial charge in [-0.3, -0.25) is 9.59 Å². The van der Waals surface area contributed by atoms with Crippen LogP contribution < -0.4 is 10.6 Å². The molecule has 0 heterocycles. The fourth-order valence-corrected chi connectivity index (χ4v) is 4.17. The van der Waals surface area contributed by atoms with E-state index in [0.29, 0.717) is 13.1 Å². The Morgan fingerprint density at radius 2 is 1.50 bits per heavy atom. The molecule has 0 fully saturated rings. The van der Waals surface area contributed by atoms with Crippen LogP contribution in [0, 0.1) is 13.8 Å². The molecule has 0 aliphatic carbocycles. The smallest absolute Gasteiger partial charge is 0.408 e. The van der Waals surface area contributed by atoms with Crippen LogP contribution in [0.5, 0.6) is 0 Å². The van der Waals surface area contributed by atoms with Gasteiger partial charge in [0.05, 0.1) is 0 Å². The lowest BCUT2D eigenvalue weighted by Crippen LogP contribution is -2.52. The predicted octanol–water partition coefficient (Wildman–Crippen LogP) is 5.97. The highest BCUT2D eigenvalue weighted by atomic mass is 16.6. The minimum atomic E-state index is -0.840. The molecule has 7 heteroatoms. The number of amides is 3. The number of hydrogen-bond donors (Lipinski definition) is 2. The Labute approximate surface area is 218 Å². The van der Waals surface area contributed by atoms with E-state index in [1.165, 1.54) is 0 Å². The summed E-state index contributed by atoms with van der Waals surface area (Å²) in [7, 11) is 0. The average molecular weight is 504 g/mol. The SMILES string of the molecule is CCCCCCCN(C(=O)C(C)NC(=O)OC(C)(C)C)C(C(=O)NCCCC)c1cc(C)cc(C)c1. The maximum Gasteiger partial charge on any atom is 0.408 e. The third kappa shape index (κ3) is 11.4. The van der Waals surface area contributed by atoms with Crippen molar-refractivity contribution < 1.29 is 19.1 Å². The van der Waals surface area contributed by atoms with Crippen LogP contribution in [0.2, 0.25) is 0 Å². The van der Waals surface area contributed by atoms with Crippen molar-refractivity contribution in [1.29, 1.82) is 0 Å². The molecule has 204 valence electrons. The second-order valence-corrected chi connectivity index (χ2v) is 10.8. The van der Waals surface area contributed by atoms with Crippen LogP contribution in [-0.2, 0) is 14.3 Å². The van der Waals surface area contributed by atoms with E-state index < -0.39 is 23.8 Å². The van der Waals surface area contributed by atoms with E-state index in [2.05, 4.69) is 30.5 Å². The van der Waals surface area contributed by atoms with Crippen LogP contribution >= 0.6 is 0 Å². The molecule has 7 nitrogen and oxygen atoms in total. The number of nitrogens with zero attached hydrogens (tertiary/aromatic N) is 1. The normalized spacial score (nSPS) is 13.0. The van der Waals surface area contributed by atoms with Gasteiger partial charge in [-0.25, -0.2) is 4.79 Å². The lowest BCUT2D eigenvalue weighted by Gasteiger charge is -2.34. The maximum absolute atomic E-state index is 13.8. The Morgan fingerprint density at radius 1 is 0.917 bits per heavy atom. The Bertz CT molecular complexity index is 827. The highest BCUT2D eigenvalue weighted by Crippen LogP contribution is 2.26. The molecule has 2 atom stereocenters. The minimum Gasteiger partial charge on any atom is -0.444 e. The highest BCUT2D eigenvalue weighted by molar-refractivity contribution is 5.92. The lowest BCUT2D eigenvalue weighted by atomic mass is 9.98. The summed E-state index contributed by atoms with van der Waals surface area (Å²) in [6.07, 6.45) is 6.30. The summed E-state index contributed by atoms with van der Waals surface area (Å²) < 4.78 is 5.35. The van der Waals surface area contributed by atoms with Crippen LogP contribution in [0.25, 0.3) is 0 Å². The first-order chi connectivity index (χ1) is 16.9. The summed E-state index contributed by atoms with van der Waals surface area (Å²) in [5.74, 6) is -0.494. The van der Waals surface area contributed by atoms with E-state index in [-0.39, 0.29) is 11.8 Å². The number of unbranched alkanes of at least 4 members (excludes halogenated alkanes) is 5. The summed E-state index contributed by atoms with van der Waals surface area (Å²) in [5.41, 5.74) is 2.18. The van der Waals surface area contributed by atoms with Gasteiger partial charge in [0, 0.05) is 13.1 Å². The molecule has 3 amide bonds. The topological polar surface area (TPSA) is 87.7 Å². The number of benzene rings is 1. The first-order valence-corrected chi connectivity index (χ1v) is 13.6. The second kappa shape index (κ2) is 15.5. The van der Waals surface area contributed by atoms with Gasteiger partial charge < -0.3 is 20.3 Å². The number of aryl methyl sites for hydroxylation is 2. The molecule has 0 aliphatic heterocycles. The molecule has 0 saturated carbocycles. The summed E-state index contributed by atoms with van der Waals surface area (Å²) >= 11 is 0. The molecule has 1 rings (SSSR count). The van der Waals surface area contributed by atoms with Gasteiger partial charge >= 0.3 is 6.09 Å². The summed E-state index contributed by atoms with van der Waals surface area (Å²) in [6, 6.07) is 4.38. The third-order valence-corrected chi connectivity index (χ3v) is 5.84. The van der Waals surface area contributed by atoms with E-state index in [1.807, 2.05) is 26.0 Å². The van der Waals surface area contributed by atoms with Crippen molar-refractivity contribution in [1.82, 2.24) is 15.5 Å². The van der Waals surface area contributed by atoms with E-state index in [1.54, 1.807) is 32.6 Å². The Hall–Kier alpha value is -2.57. The minimum absolute atomic E-state index is 0.195. The molecule has 1 aromatic carbocycles. The zero-order valence-corrected chi connectivity index (χ0v) is 23.8. The van der Waals surface area contributed by atoms with E-state index >= 15 is 0 Å². The number of carbonyl (C=O) groups is 3. The second-order valence-electron chi connectivity index (χ2n) is 10.8. The van der Waals surface area contributed by atoms with Gasteiger partial charge in [0.1, 0.15) is 17.7 Å². The Kier molecular flexibility index (Phi) is 13.6. The van der Waals surface area contributed by atoms with Crippen LogP contribution in [0.3, 0.4) is 0 Å². The number of nitrogens with one attached hydrogen (secondary N) is 2. The van der Waals surface area contributed by atoms with Crippen molar-refractivity contribution in [2.24, 2.45) is 0 Å². The molecule has 0 radical (unpaired) electrons. The molecular formula is C29H49N3O4. The van der Waals surface area contributed by atoms with E-state index in [4.69, 9.17) is 4.74 Å². The van der Waals surface area contributed by atoms with Crippen molar-refractivity contribution in [2.75, 3.05) is 13.1 Å². The summed E-state index contributed by atoms with van der Waals surface area (Å²) in [4.78, 5) is 41.3. The third-order valence-electron chi connectivity index (χ3n) is 5.84. The van der Waals surface area contributed by atoms with Crippen LogP contribution in [-0.4, -0.2) is 47.5 Å². The van der Waals surface area contributed by atoms with Crippen LogP contribution in [0.1, 0.15) is 109 Å².